The van der Waals surface area contributed by atoms with Gasteiger partial charge in [0.1, 0.15) is 0 Å². The van der Waals surface area contributed by atoms with Crippen LogP contribution >= 0.6 is 0 Å². The minimum absolute atomic E-state index is 0.0286. The van der Waals surface area contributed by atoms with E-state index < -0.39 is 0 Å². The highest BCUT2D eigenvalue weighted by Crippen LogP contribution is 2.56. The van der Waals surface area contributed by atoms with E-state index in [-0.39, 0.29) is 10.8 Å². The third-order valence-corrected chi connectivity index (χ3v) is 12.4. The number of hydrogen-bond acceptors (Lipinski definition) is 2. The van der Waals surface area contributed by atoms with Gasteiger partial charge in [0.15, 0.2) is 0 Å². The Hall–Kier alpha value is -4.95. The molecule has 2 aliphatic rings. The summed E-state index contributed by atoms with van der Waals surface area (Å²) in [6.07, 6.45) is 16.5. The molecule has 0 saturated carbocycles. The zero-order chi connectivity index (χ0) is 36.4. The van der Waals surface area contributed by atoms with Gasteiger partial charge >= 0.3 is 0 Å². The third kappa shape index (κ3) is 6.31. The standard InChI is InChI=1S/C51H54N2/c1-5-7-9-15-31-51(32-16-10-8-6-2)47-22-14-12-20-43(47)45-30-28-41(35-49(45)51)53(39-25-23-37(24-26-39)38-18-17-33-52-36-38)40-27-29-44-42-19-11-13-21-46(42)50(3,4)48(44)34-40/h11-14,17-30,33-36H,5-10,15-16,31-32H2,1-4H3. The average Bonchev–Trinajstić information content (AvgIpc) is 3.60. The number of hydrogen-bond donors (Lipinski definition) is 0. The van der Waals surface area contributed by atoms with Crippen molar-refractivity contribution in [1.82, 2.24) is 4.98 Å². The number of anilines is 3. The molecule has 0 fully saturated rings. The van der Waals surface area contributed by atoms with E-state index in [2.05, 4.69) is 153 Å². The zero-order valence-corrected chi connectivity index (χ0v) is 32.2. The molecule has 8 rings (SSSR count). The van der Waals surface area contributed by atoms with Crippen LogP contribution in [0.2, 0.25) is 0 Å². The van der Waals surface area contributed by atoms with Crippen molar-refractivity contribution < 1.29 is 0 Å². The Kier molecular flexibility index (Phi) is 9.81. The second kappa shape index (κ2) is 14.8. The Morgan fingerprint density at radius 3 is 1.64 bits per heavy atom. The Balaban J connectivity index is 1.28. The largest absolute Gasteiger partial charge is 0.310 e. The Labute approximate surface area is 318 Å². The van der Waals surface area contributed by atoms with Gasteiger partial charge in [-0.15, -0.1) is 0 Å². The van der Waals surface area contributed by atoms with Crippen molar-refractivity contribution in [3.8, 4) is 33.4 Å². The lowest BCUT2D eigenvalue weighted by molar-refractivity contribution is 0.401. The molecule has 53 heavy (non-hydrogen) atoms. The van der Waals surface area contributed by atoms with Gasteiger partial charge < -0.3 is 4.90 Å². The van der Waals surface area contributed by atoms with Crippen LogP contribution in [-0.4, -0.2) is 4.98 Å². The fourth-order valence-electron chi connectivity index (χ4n) is 9.57. The summed E-state index contributed by atoms with van der Waals surface area (Å²) < 4.78 is 0. The van der Waals surface area contributed by atoms with Crippen LogP contribution in [0.1, 0.15) is 114 Å². The Morgan fingerprint density at radius 1 is 0.472 bits per heavy atom. The SMILES string of the molecule is CCCCCCC1(CCCCCC)c2ccccc2-c2ccc(N(c3ccc(-c4cccnc4)cc3)c3ccc4c(c3)C(C)(C)c3ccccc3-4)cc21. The quantitative estimate of drug-likeness (QED) is 0.106. The van der Waals surface area contributed by atoms with E-state index in [4.69, 9.17) is 0 Å². The minimum Gasteiger partial charge on any atom is -0.310 e. The summed E-state index contributed by atoms with van der Waals surface area (Å²) >= 11 is 0. The van der Waals surface area contributed by atoms with E-state index in [0.717, 1.165) is 11.3 Å². The van der Waals surface area contributed by atoms with Gasteiger partial charge in [-0.3, -0.25) is 4.98 Å². The highest BCUT2D eigenvalue weighted by molar-refractivity contribution is 5.88. The van der Waals surface area contributed by atoms with Gasteiger partial charge in [-0.2, -0.15) is 0 Å². The van der Waals surface area contributed by atoms with E-state index in [1.54, 1.807) is 5.56 Å². The van der Waals surface area contributed by atoms with E-state index in [9.17, 15) is 0 Å². The zero-order valence-electron chi connectivity index (χ0n) is 32.2. The molecule has 268 valence electrons. The van der Waals surface area contributed by atoms with Crippen molar-refractivity contribution in [2.75, 3.05) is 4.90 Å². The molecule has 2 aliphatic carbocycles. The van der Waals surface area contributed by atoms with Gasteiger partial charge in [-0.05, 0) is 111 Å². The topological polar surface area (TPSA) is 16.1 Å². The molecule has 0 saturated heterocycles. The Morgan fingerprint density at radius 2 is 1.02 bits per heavy atom. The molecule has 0 spiro atoms. The number of fused-ring (bicyclic) bond motifs is 6. The normalized spacial score (nSPS) is 14.3. The summed E-state index contributed by atoms with van der Waals surface area (Å²) in [5.41, 5.74) is 17.3. The molecule has 5 aromatic carbocycles. The molecule has 0 amide bonds. The highest BCUT2D eigenvalue weighted by atomic mass is 15.1. The van der Waals surface area contributed by atoms with Crippen LogP contribution < -0.4 is 4.90 Å². The van der Waals surface area contributed by atoms with E-state index >= 15 is 0 Å². The maximum atomic E-state index is 4.39. The molecule has 0 radical (unpaired) electrons. The predicted octanol–water partition coefficient (Wildman–Crippen LogP) is 14.7. The van der Waals surface area contributed by atoms with E-state index in [1.807, 2.05) is 18.5 Å². The lowest BCUT2D eigenvalue weighted by Gasteiger charge is -2.34. The lowest BCUT2D eigenvalue weighted by Crippen LogP contribution is -2.26. The fraction of sp³-hybridized carbons (Fsp3) is 0.314. The molecule has 0 atom stereocenters. The number of nitrogens with zero attached hydrogens (tertiary/aromatic N) is 2. The molecule has 1 heterocycles. The molecule has 2 nitrogen and oxygen atoms in total. The fourth-order valence-corrected chi connectivity index (χ4v) is 9.57. The van der Waals surface area contributed by atoms with Crippen molar-refractivity contribution in [1.29, 1.82) is 0 Å². The summed E-state index contributed by atoms with van der Waals surface area (Å²) in [6.45, 7) is 9.41. The van der Waals surface area contributed by atoms with Crippen LogP contribution in [0.25, 0.3) is 33.4 Å². The van der Waals surface area contributed by atoms with Crippen LogP contribution in [0.5, 0.6) is 0 Å². The van der Waals surface area contributed by atoms with Gasteiger partial charge in [0.25, 0.3) is 0 Å². The molecule has 0 unspecified atom stereocenters. The first-order valence-electron chi connectivity index (χ1n) is 20.3. The summed E-state index contributed by atoms with van der Waals surface area (Å²) in [6, 6.07) is 46.1. The molecule has 0 aliphatic heterocycles. The van der Waals surface area contributed by atoms with Gasteiger partial charge in [0, 0.05) is 40.3 Å². The van der Waals surface area contributed by atoms with Crippen LogP contribution in [0.3, 0.4) is 0 Å². The van der Waals surface area contributed by atoms with Crippen LogP contribution in [0, 0.1) is 0 Å². The first kappa shape index (κ1) is 35.1. The number of pyridine rings is 1. The number of unbranched alkanes of at least 4 members (excludes halogenated alkanes) is 6. The lowest BCUT2D eigenvalue weighted by atomic mass is 9.70. The third-order valence-electron chi connectivity index (χ3n) is 12.4. The number of benzene rings is 5. The van der Waals surface area contributed by atoms with Gasteiger partial charge in [-0.25, -0.2) is 0 Å². The molecular formula is C51H54N2. The van der Waals surface area contributed by atoms with Crippen LogP contribution in [-0.2, 0) is 10.8 Å². The van der Waals surface area contributed by atoms with Crippen molar-refractivity contribution in [2.24, 2.45) is 0 Å². The maximum absolute atomic E-state index is 4.39. The van der Waals surface area contributed by atoms with Crippen molar-refractivity contribution in [3.63, 3.8) is 0 Å². The van der Waals surface area contributed by atoms with E-state index in [0.29, 0.717) is 0 Å². The minimum atomic E-state index is -0.0799. The molecular weight excluding hydrogens is 641 g/mol. The van der Waals surface area contributed by atoms with Crippen molar-refractivity contribution in [2.45, 2.75) is 103 Å². The Bertz CT molecular complexity index is 2180. The monoisotopic (exact) mass is 694 g/mol. The molecule has 6 aromatic rings. The van der Waals surface area contributed by atoms with Crippen LogP contribution in [0.4, 0.5) is 17.1 Å². The first-order chi connectivity index (χ1) is 26.0. The maximum Gasteiger partial charge on any atom is 0.0465 e. The highest BCUT2D eigenvalue weighted by Gasteiger charge is 2.43. The van der Waals surface area contributed by atoms with E-state index in [1.165, 1.54) is 120 Å². The molecule has 0 N–H and O–H groups in total. The summed E-state index contributed by atoms with van der Waals surface area (Å²) in [5.74, 6) is 0. The number of rotatable bonds is 14. The second-order valence-electron chi connectivity index (χ2n) is 16.0. The molecule has 2 heteroatoms. The molecule has 1 aromatic heterocycles. The van der Waals surface area contributed by atoms with Crippen LogP contribution in [0.15, 0.2) is 134 Å². The smallest absolute Gasteiger partial charge is 0.0465 e. The predicted molar refractivity (Wildman–Crippen MR) is 226 cm³/mol. The van der Waals surface area contributed by atoms with Gasteiger partial charge in [0.2, 0.25) is 0 Å². The van der Waals surface area contributed by atoms with Crippen molar-refractivity contribution in [3.05, 3.63) is 156 Å². The number of aromatic nitrogens is 1. The summed E-state index contributed by atoms with van der Waals surface area (Å²) in [4.78, 5) is 6.90. The average molecular weight is 695 g/mol. The molecule has 0 bridgehead atoms. The first-order valence-corrected chi connectivity index (χ1v) is 20.3. The van der Waals surface area contributed by atoms with Crippen molar-refractivity contribution >= 4 is 17.1 Å². The second-order valence-corrected chi connectivity index (χ2v) is 16.0. The summed E-state index contributed by atoms with van der Waals surface area (Å²) in [7, 11) is 0. The summed E-state index contributed by atoms with van der Waals surface area (Å²) in [5, 5.41) is 0. The van der Waals surface area contributed by atoms with Gasteiger partial charge in [-0.1, -0.05) is 158 Å². The van der Waals surface area contributed by atoms with Gasteiger partial charge in [0.05, 0.1) is 0 Å².